The maximum atomic E-state index is 13.3. The zero-order valence-corrected chi connectivity index (χ0v) is 18.2. The Morgan fingerprint density at radius 1 is 1.16 bits per heavy atom. The van der Waals surface area contributed by atoms with Gasteiger partial charge in [-0.15, -0.1) is 0 Å². The van der Waals surface area contributed by atoms with Gasteiger partial charge in [-0.1, -0.05) is 26.0 Å². The molecule has 6 nitrogen and oxygen atoms in total. The van der Waals surface area contributed by atoms with Crippen molar-refractivity contribution in [3.05, 3.63) is 69.8 Å². The first-order chi connectivity index (χ1) is 14.9. The highest BCUT2D eigenvalue weighted by Crippen LogP contribution is 2.35. The minimum atomic E-state index is -0.291. The predicted octanol–water partition coefficient (Wildman–Crippen LogP) is 3.93. The topological polar surface area (TPSA) is 66.6 Å². The quantitative estimate of drug-likeness (QED) is 0.565. The predicted molar refractivity (Wildman–Crippen MR) is 122 cm³/mol. The van der Waals surface area contributed by atoms with Crippen LogP contribution in [0.5, 0.6) is 11.5 Å². The number of nitrogens with zero attached hydrogens (tertiary/aromatic N) is 1. The Bertz CT molecular complexity index is 1160. The van der Waals surface area contributed by atoms with Gasteiger partial charge in [-0.2, -0.15) is 0 Å². The van der Waals surface area contributed by atoms with E-state index >= 15 is 0 Å². The molecule has 0 saturated carbocycles. The van der Waals surface area contributed by atoms with E-state index in [4.69, 9.17) is 21.7 Å². The van der Waals surface area contributed by atoms with E-state index in [2.05, 4.69) is 24.1 Å². The second-order valence-corrected chi connectivity index (χ2v) is 8.37. The lowest BCUT2D eigenvalue weighted by Crippen LogP contribution is -2.41. The van der Waals surface area contributed by atoms with Crippen molar-refractivity contribution in [3.8, 4) is 11.5 Å². The van der Waals surface area contributed by atoms with Crippen molar-refractivity contribution in [1.29, 1.82) is 0 Å². The standard InChI is InChI=1S/C23H24FN3O3S/c1-14(2)10-25-23(31)27(11-15-3-5-18(24)6-4-15)12-17-7-16-8-20-21(30-13-29-20)9-19(16)26-22(17)28/h3-9,14H,10-13H2,1-2H3,(H,25,31)(H,26,28). The number of aromatic amines is 1. The largest absolute Gasteiger partial charge is 0.454 e. The Morgan fingerprint density at radius 2 is 1.87 bits per heavy atom. The van der Waals surface area contributed by atoms with Gasteiger partial charge >= 0.3 is 0 Å². The van der Waals surface area contributed by atoms with Crippen LogP contribution < -0.4 is 20.3 Å². The average molecular weight is 442 g/mol. The van der Waals surface area contributed by atoms with E-state index in [1.54, 1.807) is 18.2 Å². The first-order valence-corrected chi connectivity index (χ1v) is 10.5. The van der Waals surface area contributed by atoms with Crippen LogP contribution in [0, 0.1) is 11.7 Å². The minimum absolute atomic E-state index is 0.171. The van der Waals surface area contributed by atoms with Crippen LogP contribution in [0.1, 0.15) is 25.0 Å². The third kappa shape index (κ3) is 4.96. The molecular weight excluding hydrogens is 417 g/mol. The summed E-state index contributed by atoms with van der Waals surface area (Å²) in [5.74, 6) is 1.40. The summed E-state index contributed by atoms with van der Waals surface area (Å²) in [6, 6.07) is 11.8. The molecule has 31 heavy (non-hydrogen) atoms. The van der Waals surface area contributed by atoms with Gasteiger partial charge in [0.25, 0.3) is 5.56 Å². The minimum Gasteiger partial charge on any atom is -0.454 e. The fourth-order valence-corrected chi connectivity index (χ4v) is 3.59. The monoisotopic (exact) mass is 441 g/mol. The summed E-state index contributed by atoms with van der Waals surface area (Å²) >= 11 is 5.61. The number of pyridine rings is 1. The molecule has 0 fully saturated rings. The van der Waals surface area contributed by atoms with Crippen LogP contribution in [0.25, 0.3) is 10.9 Å². The van der Waals surface area contributed by atoms with Crippen LogP contribution in [0.15, 0.2) is 47.3 Å². The van der Waals surface area contributed by atoms with Gasteiger partial charge in [0.15, 0.2) is 16.6 Å². The first-order valence-electron chi connectivity index (χ1n) is 10.1. The number of rotatable bonds is 6. The smallest absolute Gasteiger partial charge is 0.253 e. The summed E-state index contributed by atoms with van der Waals surface area (Å²) in [7, 11) is 0. The lowest BCUT2D eigenvalue weighted by atomic mass is 10.1. The number of hydrogen-bond donors (Lipinski definition) is 2. The van der Waals surface area contributed by atoms with E-state index in [1.807, 2.05) is 17.0 Å². The molecule has 0 atom stereocenters. The number of aromatic nitrogens is 1. The Kier molecular flexibility index (Phi) is 6.08. The fourth-order valence-electron chi connectivity index (χ4n) is 3.38. The number of benzene rings is 2. The van der Waals surface area contributed by atoms with E-state index in [0.29, 0.717) is 46.7 Å². The molecule has 0 radical (unpaired) electrons. The van der Waals surface area contributed by atoms with Crippen molar-refractivity contribution in [1.82, 2.24) is 15.2 Å². The number of ether oxygens (including phenoxy) is 2. The van der Waals surface area contributed by atoms with E-state index in [9.17, 15) is 9.18 Å². The molecular formula is C23H24FN3O3S. The number of nitrogens with one attached hydrogen (secondary N) is 2. The zero-order valence-electron chi connectivity index (χ0n) is 17.4. The van der Waals surface area contributed by atoms with Crippen LogP contribution in [-0.2, 0) is 13.1 Å². The molecule has 8 heteroatoms. The van der Waals surface area contributed by atoms with Gasteiger partial charge in [-0.3, -0.25) is 4.79 Å². The summed E-state index contributed by atoms with van der Waals surface area (Å²) in [5, 5.41) is 4.65. The third-order valence-corrected chi connectivity index (χ3v) is 5.41. The molecule has 0 spiro atoms. The Labute approximate surface area is 185 Å². The molecule has 3 aromatic rings. The molecule has 162 valence electrons. The average Bonchev–Trinajstić information content (AvgIpc) is 3.19. The maximum absolute atomic E-state index is 13.3. The van der Waals surface area contributed by atoms with Crippen LogP contribution >= 0.6 is 12.2 Å². The van der Waals surface area contributed by atoms with Gasteiger partial charge in [0, 0.05) is 30.1 Å². The third-order valence-electron chi connectivity index (χ3n) is 5.01. The molecule has 2 aromatic carbocycles. The van der Waals surface area contributed by atoms with Crippen LogP contribution in [0.2, 0.25) is 0 Å². The number of H-pyrrole nitrogens is 1. The Balaban J connectivity index is 1.63. The van der Waals surface area contributed by atoms with Crippen molar-refractivity contribution in [3.63, 3.8) is 0 Å². The SMILES string of the molecule is CC(C)CNC(=S)N(Cc1ccc(F)cc1)Cc1cc2cc3c(cc2[nH]c1=O)OCO3. The first kappa shape index (κ1) is 21.1. The normalized spacial score (nSPS) is 12.4. The van der Waals surface area contributed by atoms with E-state index in [0.717, 1.165) is 17.5 Å². The second-order valence-electron chi connectivity index (χ2n) is 7.98. The van der Waals surface area contributed by atoms with E-state index in [1.165, 1.54) is 12.1 Å². The lowest BCUT2D eigenvalue weighted by Gasteiger charge is -2.26. The van der Waals surface area contributed by atoms with Gasteiger partial charge in [-0.25, -0.2) is 4.39 Å². The summed E-state index contributed by atoms with van der Waals surface area (Å²) in [5.41, 5.74) is 1.96. The van der Waals surface area contributed by atoms with Crippen molar-refractivity contribution in [2.45, 2.75) is 26.9 Å². The van der Waals surface area contributed by atoms with E-state index < -0.39 is 0 Å². The maximum Gasteiger partial charge on any atom is 0.253 e. The molecule has 1 aliphatic rings. The molecule has 1 aliphatic heterocycles. The molecule has 2 N–H and O–H groups in total. The highest BCUT2D eigenvalue weighted by atomic mass is 32.1. The van der Waals surface area contributed by atoms with Crippen LogP contribution in [-0.4, -0.2) is 28.3 Å². The summed E-state index contributed by atoms with van der Waals surface area (Å²) in [6.07, 6.45) is 0. The summed E-state index contributed by atoms with van der Waals surface area (Å²) in [6.45, 7) is 5.83. The molecule has 0 saturated heterocycles. The van der Waals surface area contributed by atoms with E-state index in [-0.39, 0.29) is 18.2 Å². The summed E-state index contributed by atoms with van der Waals surface area (Å²) in [4.78, 5) is 17.6. The zero-order chi connectivity index (χ0) is 22.0. The highest BCUT2D eigenvalue weighted by molar-refractivity contribution is 7.80. The number of hydrogen-bond acceptors (Lipinski definition) is 4. The number of thiocarbonyl (C=S) groups is 1. The number of fused-ring (bicyclic) bond motifs is 2. The molecule has 0 bridgehead atoms. The van der Waals surface area contributed by atoms with Crippen LogP contribution in [0.3, 0.4) is 0 Å². The lowest BCUT2D eigenvalue weighted by molar-refractivity contribution is 0.174. The molecule has 1 aromatic heterocycles. The Hall–Kier alpha value is -3.13. The highest BCUT2D eigenvalue weighted by Gasteiger charge is 2.18. The molecule has 0 unspecified atom stereocenters. The number of halogens is 1. The van der Waals surface area contributed by atoms with Gasteiger partial charge in [-0.05, 0) is 48.0 Å². The second kappa shape index (κ2) is 8.93. The fraction of sp³-hybridized carbons (Fsp3) is 0.304. The molecule has 0 aliphatic carbocycles. The molecule has 0 amide bonds. The molecule has 4 rings (SSSR count). The molecule has 2 heterocycles. The van der Waals surface area contributed by atoms with Crippen molar-refractivity contribution >= 4 is 28.2 Å². The van der Waals surface area contributed by atoms with Crippen LogP contribution in [0.4, 0.5) is 4.39 Å². The Morgan fingerprint density at radius 3 is 2.58 bits per heavy atom. The van der Waals surface area contributed by atoms with Gasteiger partial charge < -0.3 is 24.7 Å². The van der Waals surface area contributed by atoms with Crippen molar-refractivity contribution < 1.29 is 13.9 Å². The van der Waals surface area contributed by atoms with Gasteiger partial charge in [0.2, 0.25) is 6.79 Å². The van der Waals surface area contributed by atoms with Crippen molar-refractivity contribution in [2.75, 3.05) is 13.3 Å². The van der Waals surface area contributed by atoms with Crippen molar-refractivity contribution in [2.24, 2.45) is 5.92 Å². The van der Waals surface area contributed by atoms with Gasteiger partial charge in [0.1, 0.15) is 5.82 Å². The van der Waals surface area contributed by atoms with Gasteiger partial charge in [0.05, 0.1) is 12.1 Å². The summed E-state index contributed by atoms with van der Waals surface area (Å²) < 4.78 is 24.2.